The fraction of sp³-hybridized carbons (Fsp3) is 0.125. The molecule has 2 aliphatic heterocycles. The van der Waals surface area contributed by atoms with Gasteiger partial charge in [0.15, 0.2) is 15.8 Å². The van der Waals surface area contributed by atoms with Crippen LogP contribution in [-0.4, -0.2) is 40.2 Å². The number of hydrogen-bond donors (Lipinski definition) is 1. The van der Waals surface area contributed by atoms with Gasteiger partial charge in [-0.05, 0) is 74.8 Å². The first kappa shape index (κ1) is 27.9. The predicted molar refractivity (Wildman–Crippen MR) is 175 cm³/mol. The highest BCUT2D eigenvalue weighted by Gasteiger charge is 2.48. The number of halogens is 1. The van der Waals surface area contributed by atoms with E-state index < -0.39 is 17.7 Å². The van der Waals surface area contributed by atoms with Gasteiger partial charge in [0.25, 0.3) is 5.78 Å². The molecular formula is C32H22IN3O5S2. The Balaban J connectivity index is 1.25. The third-order valence-electron chi connectivity index (χ3n) is 7.28. The zero-order chi connectivity index (χ0) is 29.5. The molecule has 2 aliphatic rings. The minimum Gasteiger partial charge on any atom is -0.507 e. The second-order valence-electron chi connectivity index (χ2n) is 9.86. The van der Waals surface area contributed by atoms with Gasteiger partial charge in [0.1, 0.15) is 19.0 Å². The van der Waals surface area contributed by atoms with Gasteiger partial charge in [-0.2, -0.15) is 0 Å². The second-order valence-corrected chi connectivity index (χ2v) is 13.3. The summed E-state index contributed by atoms with van der Waals surface area (Å²) in [4.78, 5) is 28.5. The first-order chi connectivity index (χ1) is 21.0. The maximum Gasteiger partial charge on any atom is 0.301 e. The number of anilines is 1. The third kappa shape index (κ3) is 5.25. The Labute approximate surface area is 268 Å². The van der Waals surface area contributed by atoms with E-state index in [0.29, 0.717) is 45.9 Å². The number of aromatic nitrogens is 2. The number of ketones is 1. The van der Waals surface area contributed by atoms with Crippen molar-refractivity contribution in [2.75, 3.05) is 18.1 Å². The number of carbonyl (C=O) groups excluding carboxylic acids is 2. The Kier molecular flexibility index (Phi) is 7.53. The standard InChI is InChI=1S/C32H22IN3O5S2/c33-22-11-8-19(9-12-22)27-26(28(37)20-10-13-24-25(16-20)41-15-14-40-24)29(38)30(39)36(27)31-34-35-32(43-31)42-17-21-6-3-5-18-4-1-2-7-23(18)21/h1-13,16,27,37H,14-15,17H2. The van der Waals surface area contributed by atoms with E-state index >= 15 is 0 Å². The van der Waals surface area contributed by atoms with Crippen molar-refractivity contribution in [3.63, 3.8) is 0 Å². The smallest absolute Gasteiger partial charge is 0.301 e. The first-order valence-corrected chi connectivity index (χ1v) is 16.3. The number of aliphatic hydroxyl groups excluding tert-OH is 1. The molecule has 1 saturated heterocycles. The van der Waals surface area contributed by atoms with Crippen molar-refractivity contribution < 1.29 is 24.2 Å². The number of thioether (sulfide) groups is 1. The minimum absolute atomic E-state index is 0.0250. The van der Waals surface area contributed by atoms with E-state index in [1.54, 1.807) is 18.2 Å². The number of carbonyl (C=O) groups is 2. The van der Waals surface area contributed by atoms with Crippen molar-refractivity contribution in [2.45, 2.75) is 16.1 Å². The van der Waals surface area contributed by atoms with Gasteiger partial charge in [-0.25, -0.2) is 0 Å². The highest BCUT2D eigenvalue weighted by molar-refractivity contribution is 14.1. The highest BCUT2D eigenvalue weighted by atomic mass is 127. The summed E-state index contributed by atoms with van der Waals surface area (Å²) < 4.78 is 12.9. The summed E-state index contributed by atoms with van der Waals surface area (Å²) in [6, 6.07) is 26.0. The lowest BCUT2D eigenvalue weighted by atomic mass is 9.95. The molecule has 5 aromatic rings. The molecule has 4 aromatic carbocycles. The van der Waals surface area contributed by atoms with Gasteiger partial charge in [0.2, 0.25) is 5.13 Å². The largest absolute Gasteiger partial charge is 0.507 e. The quantitative estimate of drug-likeness (QED) is 0.0501. The Bertz CT molecular complexity index is 1920. The molecule has 1 fully saturated rings. The van der Waals surface area contributed by atoms with E-state index in [1.165, 1.54) is 38.9 Å². The van der Waals surface area contributed by atoms with E-state index in [1.807, 2.05) is 42.5 Å². The van der Waals surface area contributed by atoms with Crippen molar-refractivity contribution in [1.82, 2.24) is 10.2 Å². The molecule has 0 radical (unpaired) electrons. The number of aliphatic hydroxyl groups is 1. The molecule has 0 aliphatic carbocycles. The summed E-state index contributed by atoms with van der Waals surface area (Å²) in [5.41, 5.74) is 2.15. The zero-order valence-electron chi connectivity index (χ0n) is 22.4. The Morgan fingerprint density at radius 1 is 0.953 bits per heavy atom. The Morgan fingerprint density at radius 3 is 2.56 bits per heavy atom. The summed E-state index contributed by atoms with van der Waals surface area (Å²) >= 11 is 4.96. The molecule has 0 bridgehead atoms. The number of rotatable bonds is 6. The summed E-state index contributed by atoms with van der Waals surface area (Å²) in [5.74, 6) is -0.177. The molecule has 1 amide bonds. The van der Waals surface area contributed by atoms with Crippen LogP contribution in [0.1, 0.15) is 22.7 Å². The van der Waals surface area contributed by atoms with Crippen molar-refractivity contribution in [2.24, 2.45) is 0 Å². The van der Waals surface area contributed by atoms with Crippen LogP contribution in [0.2, 0.25) is 0 Å². The van der Waals surface area contributed by atoms with Gasteiger partial charge < -0.3 is 14.6 Å². The van der Waals surface area contributed by atoms with Crippen LogP contribution in [0.4, 0.5) is 5.13 Å². The number of Topliss-reactive ketones (excluding diaryl/α,β-unsaturated/α-hetero) is 1. The minimum atomic E-state index is -0.894. The summed E-state index contributed by atoms with van der Waals surface area (Å²) in [6.07, 6.45) is 0. The van der Waals surface area contributed by atoms with Crippen molar-refractivity contribution in [3.8, 4) is 11.5 Å². The van der Waals surface area contributed by atoms with E-state index in [4.69, 9.17) is 9.47 Å². The molecule has 8 nitrogen and oxygen atoms in total. The van der Waals surface area contributed by atoms with Gasteiger partial charge in [-0.15, -0.1) is 10.2 Å². The van der Waals surface area contributed by atoms with E-state index in [-0.39, 0.29) is 16.5 Å². The molecule has 1 aromatic heterocycles. The molecule has 43 heavy (non-hydrogen) atoms. The van der Waals surface area contributed by atoms with E-state index in [0.717, 1.165) is 8.96 Å². The topological polar surface area (TPSA) is 102 Å². The van der Waals surface area contributed by atoms with Crippen molar-refractivity contribution >= 4 is 79.0 Å². The molecule has 11 heteroatoms. The Hall–Kier alpha value is -3.94. The normalized spacial score (nSPS) is 17.5. The molecule has 1 N–H and O–H groups in total. The summed E-state index contributed by atoms with van der Waals surface area (Å²) in [7, 11) is 0. The average Bonchev–Trinajstić information content (AvgIpc) is 3.61. The van der Waals surface area contributed by atoms with E-state index in [9.17, 15) is 14.7 Å². The SMILES string of the molecule is O=C1C(=O)N(c2nnc(SCc3cccc4ccccc34)s2)C(c2ccc(I)cc2)C1=C(O)c1ccc2c(c1)OCCO2. The fourth-order valence-electron chi connectivity index (χ4n) is 5.25. The summed E-state index contributed by atoms with van der Waals surface area (Å²) in [5, 5.41) is 22.8. The van der Waals surface area contributed by atoms with Gasteiger partial charge in [-0.1, -0.05) is 77.7 Å². The van der Waals surface area contributed by atoms with Crippen molar-refractivity contribution in [1.29, 1.82) is 0 Å². The molecule has 1 atom stereocenters. The van der Waals surface area contributed by atoms with Gasteiger partial charge >= 0.3 is 5.91 Å². The number of ether oxygens (including phenoxy) is 2. The van der Waals surface area contributed by atoms with Gasteiger partial charge in [0, 0.05) is 14.9 Å². The number of benzene rings is 4. The maximum atomic E-state index is 13.6. The lowest BCUT2D eigenvalue weighted by Gasteiger charge is -2.23. The Morgan fingerprint density at radius 2 is 1.72 bits per heavy atom. The highest BCUT2D eigenvalue weighted by Crippen LogP contribution is 2.45. The van der Waals surface area contributed by atoms with Crippen LogP contribution in [0.15, 0.2) is 94.8 Å². The van der Waals surface area contributed by atoms with Crippen LogP contribution >= 0.6 is 45.7 Å². The third-order valence-corrected chi connectivity index (χ3v) is 10.1. The van der Waals surface area contributed by atoms with Crippen LogP contribution in [0.5, 0.6) is 11.5 Å². The molecular weight excluding hydrogens is 697 g/mol. The number of fused-ring (bicyclic) bond motifs is 2. The molecule has 1 unspecified atom stereocenters. The van der Waals surface area contributed by atoms with Crippen LogP contribution in [0.3, 0.4) is 0 Å². The fourth-order valence-corrected chi connectivity index (χ4v) is 7.48. The maximum absolute atomic E-state index is 13.6. The van der Waals surface area contributed by atoms with Crippen LogP contribution in [0, 0.1) is 3.57 Å². The molecule has 3 heterocycles. The number of nitrogens with zero attached hydrogens (tertiary/aromatic N) is 3. The second kappa shape index (κ2) is 11.6. The van der Waals surface area contributed by atoms with Crippen LogP contribution in [-0.2, 0) is 15.3 Å². The van der Waals surface area contributed by atoms with Gasteiger partial charge in [0.05, 0.1) is 11.6 Å². The lowest BCUT2D eigenvalue weighted by molar-refractivity contribution is -0.132. The molecule has 0 spiro atoms. The van der Waals surface area contributed by atoms with Gasteiger partial charge in [-0.3, -0.25) is 14.5 Å². The zero-order valence-corrected chi connectivity index (χ0v) is 26.2. The average molecular weight is 720 g/mol. The van der Waals surface area contributed by atoms with Crippen LogP contribution in [0.25, 0.3) is 16.5 Å². The lowest BCUT2D eigenvalue weighted by Crippen LogP contribution is -2.29. The summed E-state index contributed by atoms with van der Waals surface area (Å²) in [6.45, 7) is 0.808. The first-order valence-electron chi connectivity index (χ1n) is 13.4. The van der Waals surface area contributed by atoms with E-state index in [2.05, 4.69) is 57.1 Å². The number of hydrogen-bond acceptors (Lipinski definition) is 9. The molecule has 7 rings (SSSR count). The molecule has 214 valence electrons. The predicted octanol–water partition coefficient (Wildman–Crippen LogP) is 6.99. The number of amides is 1. The van der Waals surface area contributed by atoms with Crippen molar-refractivity contribution in [3.05, 3.63) is 111 Å². The molecule has 0 saturated carbocycles. The van der Waals surface area contributed by atoms with Crippen LogP contribution < -0.4 is 14.4 Å². The monoisotopic (exact) mass is 719 g/mol.